The van der Waals surface area contributed by atoms with Crippen molar-refractivity contribution in [1.29, 1.82) is 0 Å². The average molecular weight is 263 g/mol. The second-order valence-corrected chi connectivity index (χ2v) is 5.44. The van der Waals surface area contributed by atoms with Gasteiger partial charge >= 0.3 is 0 Å². The van der Waals surface area contributed by atoms with Crippen molar-refractivity contribution < 1.29 is 4.74 Å². The van der Waals surface area contributed by atoms with Crippen molar-refractivity contribution in [1.82, 2.24) is 10.2 Å². The van der Waals surface area contributed by atoms with Crippen molar-refractivity contribution >= 4 is 5.69 Å². The highest BCUT2D eigenvalue weighted by molar-refractivity contribution is 5.55. The van der Waals surface area contributed by atoms with Gasteiger partial charge in [0.05, 0.1) is 7.11 Å². The first-order valence-corrected chi connectivity index (χ1v) is 6.91. The molecule has 0 bridgehead atoms. The van der Waals surface area contributed by atoms with Crippen LogP contribution in [0.25, 0.3) is 0 Å². The maximum absolute atomic E-state index is 5.39. The molecule has 1 aliphatic rings. The monoisotopic (exact) mass is 263 g/mol. The number of nitrogens with one attached hydrogen (secondary N) is 2. The van der Waals surface area contributed by atoms with Crippen molar-refractivity contribution in [3.63, 3.8) is 0 Å². The third-order valence-corrected chi connectivity index (χ3v) is 3.68. The van der Waals surface area contributed by atoms with Gasteiger partial charge in [-0.25, -0.2) is 0 Å². The molecular weight excluding hydrogens is 238 g/mol. The first-order valence-electron chi connectivity index (χ1n) is 6.91. The molecule has 1 atom stereocenters. The van der Waals surface area contributed by atoms with Gasteiger partial charge in [0.2, 0.25) is 0 Å². The van der Waals surface area contributed by atoms with E-state index in [9.17, 15) is 0 Å². The molecule has 1 unspecified atom stereocenters. The lowest BCUT2D eigenvalue weighted by Gasteiger charge is -2.31. The number of benzene rings is 1. The van der Waals surface area contributed by atoms with Gasteiger partial charge in [-0.2, -0.15) is 0 Å². The number of piperazine rings is 1. The number of likely N-dealkylation sites (N-methyl/N-ethyl adjacent to an activating group) is 1. The Bertz CT molecular complexity index is 410. The van der Waals surface area contributed by atoms with Crippen LogP contribution in [-0.4, -0.2) is 51.3 Å². The van der Waals surface area contributed by atoms with Crippen molar-refractivity contribution in [3.05, 3.63) is 23.3 Å². The highest BCUT2D eigenvalue weighted by Gasteiger charge is 2.16. The molecule has 1 fully saturated rings. The lowest BCUT2D eigenvalue weighted by molar-refractivity contribution is 0.244. The van der Waals surface area contributed by atoms with E-state index in [-0.39, 0.29) is 0 Å². The Morgan fingerprint density at radius 2 is 2.05 bits per heavy atom. The minimum Gasteiger partial charge on any atom is -0.496 e. The van der Waals surface area contributed by atoms with E-state index < -0.39 is 0 Å². The number of hydrogen-bond acceptors (Lipinski definition) is 4. The number of nitrogens with zero attached hydrogens (tertiary/aromatic N) is 1. The van der Waals surface area contributed by atoms with Gasteiger partial charge in [-0.1, -0.05) is 0 Å². The molecule has 0 radical (unpaired) electrons. The summed E-state index contributed by atoms with van der Waals surface area (Å²) in [5.74, 6) is 0.987. The number of ether oxygens (including phenoxy) is 1. The molecule has 1 aromatic carbocycles. The highest BCUT2D eigenvalue weighted by Crippen LogP contribution is 2.26. The van der Waals surface area contributed by atoms with E-state index in [0.717, 1.165) is 31.9 Å². The van der Waals surface area contributed by atoms with Crippen LogP contribution in [0.1, 0.15) is 11.1 Å². The van der Waals surface area contributed by atoms with E-state index in [2.05, 4.69) is 48.6 Å². The van der Waals surface area contributed by atoms with Crippen LogP contribution in [0.15, 0.2) is 12.1 Å². The fourth-order valence-corrected chi connectivity index (χ4v) is 2.74. The van der Waals surface area contributed by atoms with Crippen molar-refractivity contribution in [3.8, 4) is 5.75 Å². The van der Waals surface area contributed by atoms with Crippen molar-refractivity contribution in [2.45, 2.75) is 19.9 Å². The Hall–Kier alpha value is -1.26. The molecule has 0 aromatic heterocycles. The summed E-state index contributed by atoms with van der Waals surface area (Å²) in [6.45, 7) is 8.44. The number of anilines is 1. The Morgan fingerprint density at radius 3 is 2.63 bits per heavy atom. The molecule has 1 heterocycles. The normalized spacial score (nSPS) is 20.3. The van der Waals surface area contributed by atoms with E-state index in [0.29, 0.717) is 6.04 Å². The maximum atomic E-state index is 5.39. The van der Waals surface area contributed by atoms with Gasteiger partial charge in [-0.15, -0.1) is 0 Å². The van der Waals surface area contributed by atoms with Gasteiger partial charge in [0, 0.05) is 37.9 Å². The smallest absolute Gasteiger partial charge is 0.124 e. The number of aryl methyl sites for hydroxylation is 2. The quantitative estimate of drug-likeness (QED) is 0.865. The first kappa shape index (κ1) is 14.2. The molecule has 2 rings (SSSR count). The molecule has 1 aromatic rings. The highest BCUT2D eigenvalue weighted by atomic mass is 16.5. The lowest BCUT2D eigenvalue weighted by atomic mass is 10.1. The summed E-state index contributed by atoms with van der Waals surface area (Å²) >= 11 is 0. The number of methoxy groups -OCH3 is 1. The molecule has 0 saturated carbocycles. The van der Waals surface area contributed by atoms with Crippen LogP contribution >= 0.6 is 0 Å². The Morgan fingerprint density at radius 1 is 1.37 bits per heavy atom. The Balaban J connectivity index is 1.96. The predicted octanol–water partition coefficient (Wildman–Crippen LogP) is 1.63. The average Bonchev–Trinajstić information content (AvgIpc) is 2.36. The molecule has 4 nitrogen and oxygen atoms in total. The molecule has 19 heavy (non-hydrogen) atoms. The van der Waals surface area contributed by atoms with Crippen LogP contribution in [0.4, 0.5) is 5.69 Å². The second kappa shape index (κ2) is 6.26. The molecule has 0 amide bonds. The first-order chi connectivity index (χ1) is 9.10. The summed E-state index contributed by atoms with van der Waals surface area (Å²) in [6, 6.07) is 4.82. The molecule has 4 heteroatoms. The van der Waals surface area contributed by atoms with E-state index in [1.54, 1.807) is 7.11 Å². The SMILES string of the molecule is COc1c(C)cc(NCC2CN(C)CCN2)cc1C. The molecule has 0 spiro atoms. The molecular formula is C15H25N3O. The van der Waals surface area contributed by atoms with E-state index in [1.807, 2.05) is 0 Å². The van der Waals surface area contributed by atoms with Gasteiger partial charge in [0.1, 0.15) is 5.75 Å². The summed E-state index contributed by atoms with van der Waals surface area (Å²) in [7, 11) is 3.90. The van der Waals surface area contributed by atoms with Crippen molar-refractivity contribution in [2.24, 2.45) is 0 Å². The Labute approximate surface area is 116 Å². The van der Waals surface area contributed by atoms with Crippen LogP contribution in [0.2, 0.25) is 0 Å². The summed E-state index contributed by atoms with van der Waals surface area (Å²) in [5, 5.41) is 7.07. The molecule has 106 valence electrons. The zero-order valence-electron chi connectivity index (χ0n) is 12.4. The van der Waals surface area contributed by atoms with Crippen LogP contribution in [0, 0.1) is 13.8 Å². The van der Waals surface area contributed by atoms with E-state index in [1.165, 1.54) is 16.8 Å². The molecule has 2 N–H and O–H groups in total. The van der Waals surface area contributed by atoms with Gasteiger partial charge in [0.15, 0.2) is 0 Å². The Kier molecular flexibility index (Phi) is 4.66. The van der Waals surface area contributed by atoms with Gasteiger partial charge in [0.25, 0.3) is 0 Å². The van der Waals surface area contributed by atoms with Crippen LogP contribution in [0.3, 0.4) is 0 Å². The number of rotatable bonds is 4. The van der Waals surface area contributed by atoms with Crippen LogP contribution in [-0.2, 0) is 0 Å². The fraction of sp³-hybridized carbons (Fsp3) is 0.600. The van der Waals surface area contributed by atoms with Crippen molar-refractivity contribution in [2.75, 3.05) is 45.7 Å². The second-order valence-electron chi connectivity index (χ2n) is 5.44. The lowest BCUT2D eigenvalue weighted by Crippen LogP contribution is -2.51. The van der Waals surface area contributed by atoms with Crippen LogP contribution < -0.4 is 15.4 Å². The third kappa shape index (κ3) is 3.61. The topological polar surface area (TPSA) is 36.5 Å². The van der Waals surface area contributed by atoms with Crippen LogP contribution in [0.5, 0.6) is 5.75 Å². The zero-order valence-corrected chi connectivity index (χ0v) is 12.4. The summed E-state index contributed by atoms with van der Waals surface area (Å²) in [4.78, 5) is 2.37. The zero-order chi connectivity index (χ0) is 13.8. The van der Waals surface area contributed by atoms with E-state index >= 15 is 0 Å². The standard InChI is InChI=1S/C15H25N3O/c1-11-7-13(8-12(2)15(11)19-4)17-9-14-10-18(3)6-5-16-14/h7-8,14,16-17H,5-6,9-10H2,1-4H3. The van der Waals surface area contributed by atoms with E-state index in [4.69, 9.17) is 4.74 Å². The largest absolute Gasteiger partial charge is 0.496 e. The fourth-order valence-electron chi connectivity index (χ4n) is 2.74. The maximum Gasteiger partial charge on any atom is 0.124 e. The van der Waals surface area contributed by atoms with Gasteiger partial charge < -0.3 is 20.3 Å². The number of hydrogen-bond donors (Lipinski definition) is 2. The minimum atomic E-state index is 0.515. The summed E-state index contributed by atoms with van der Waals surface area (Å²) < 4.78 is 5.39. The van der Waals surface area contributed by atoms with Gasteiger partial charge in [-0.3, -0.25) is 0 Å². The predicted molar refractivity (Wildman–Crippen MR) is 80.2 cm³/mol. The van der Waals surface area contributed by atoms with Gasteiger partial charge in [-0.05, 0) is 44.2 Å². The molecule has 1 saturated heterocycles. The molecule has 0 aliphatic carbocycles. The summed E-state index contributed by atoms with van der Waals surface area (Å²) in [6.07, 6.45) is 0. The third-order valence-electron chi connectivity index (χ3n) is 3.68. The molecule has 1 aliphatic heterocycles. The summed E-state index contributed by atoms with van der Waals surface area (Å²) in [5.41, 5.74) is 3.53. The minimum absolute atomic E-state index is 0.515.